The Kier molecular flexibility index (Phi) is 4.31. The maximum atomic E-state index is 12.4. The monoisotopic (exact) mass is 307 g/mol. The zero-order valence-corrected chi connectivity index (χ0v) is 13.6. The van der Waals surface area contributed by atoms with Gasteiger partial charge in [0.05, 0.1) is 18.2 Å². The maximum absolute atomic E-state index is 12.4. The van der Waals surface area contributed by atoms with Gasteiger partial charge >= 0.3 is 0 Å². The van der Waals surface area contributed by atoms with E-state index < -0.39 is 0 Å². The van der Waals surface area contributed by atoms with Crippen molar-refractivity contribution in [2.75, 3.05) is 0 Å². The van der Waals surface area contributed by atoms with Crippen molar-refractivity contribution >= 4 is 17.2 Å². The minimum Gasteiger partial charge on any atom is -0.349 e. The lowest BCUT2D eigenvalue weighted by Gasteiger charge is -2.37. The van der Waals surface area contributed by atoms with E-state index in [1.807, 2.05) is 6.92 Å². The highest BCUT2D eigenvalue weighted by atomic mass is 32.1. The van der Waals surface area contributed by atoms with E-state index in [4.69, 9.17) is 5.73 Å². The molecule has 1 amide bonds. The van der Waals surface area contributed by atoms with Gasteiger partial charge in [0, 0.05) is 10.4 Å². The van der Waals surface area contributed by atoms with Crippen LogP contribution in [-0.4, -0.2) is 16.4 Å². The van der Waals surface area contributed by atoms with Crippen LogP contribution in [-0.2, 0) is 24.2 Å². The topological polar surface area (TPSA) is 68.0 Å². The normalized spacial score (nSPS) is 29.0. The number of amides is 1. The van der Waals surface area contributed by atoms with E-state index in [-0.39, 0.29) is 17.4 Å². The zero-order chi connectivity index (χ0) is 14.9. The van der Waals surface area contributed by atoms with E-state index in [2.05, 4.69) is 10.3 Å². The second-order valence-electron chi connectivity index (χ2n) is 6.71. The molecule has 3 N–H and O–H groups in total. The minimum absolute atomic E-state index is 0.0548. The van der Waals surface area contributed by atoms with Crippen LogP contribution in [0.5, 0.6) is 0 Å². The van der Waals surface area contributed by atoms with Gasteiger partial charge in [0.1, 0.15) is 5.01 Å². The zero-order valence-electron chi connectivity index (χ0n) is 12.8. The van der Waals surface area contributed by atoms with Crippen LogP contribution >= 0.6 is 11.3 Å². The number of aromatic nitrogens is 1. The summed E-state index contributed by atoms with van der Waals surface area (Å²) in [7, 11) is 0. The molecule has 1 aromatic rings. The Bertz CT molecular complexity index is 500. The van der Waals surface area contributed by atoms with E-state index in [0.717, 1.165) is 43.5 Å². The number of rotatable bonds is 3. The highest BCUT2D eigenvalue weighted by Crippen LogP contribution is 2.32. The fraction of sp³-hybridized carbons (Fsp3) is 0.750. The van der Waals surface area contributed by atoms with E-state index >= 15 is 0 Å². The molecule has 0 bridgehead atoms. The first-order chi connectivity index (χ1) is 10.1. The number of hydrogen-bond donors (Lipinski definition) is 2. The van der Waals surface area contributed by atoms with E-state index in [9.17, 15) is 4.79 Å². The molecule has 2 aliphatic rings. The molecule has 1 saturated carbocycles. The summed E-state index contributed by atoms with van der Waals surface area (Å²) in [4.78, 5) is 18.5. The number of nitrogens with one attached hydrogen (secondary N) is 1. The average Bonchev–Trinajstić information content (AvgIpc) is 2.87. The van der Waals surface area contributed by atoms with Crippen LogP contribution in [0.25, 0.3) is 0 Å². The van der Waals surface area contributed by atoms with Gasteiger partial charge in [-0.25, -0.2) is 4.98 Å². The number of hydrogen-bond acceptors (Lipinski definition) is 4. The van der Waals surface area contributed by atoms with Crippen LogP contribution in [0.15, 0.2) is 0 Å². The number of thiazole rings is 1. The van der Waals surface area contributed by atoms with Gasteiger partial charge < -0.3 is 11.1 Å². The second kappa shape index (κ2) is 6.05. The van der Waals surface area contributed by atoms with Crippen LogP contribution in [0, 0.1) is 5.92 Å². The molecule has 3 rings (SSSR count). The predicted molar refractivity (Wildman–Crippen MR) is 85.2 cm³/mol. The molecular weight excluding hydrogens is 282 g/mol. The van der Waals surface area contributed by atoms with E-state index in [0.29, 0.717) is 6.54 Å². The van der Waals surface area contributed by atoms with Crippen molar-refractivity contribution in [1.29, 1.82) is 0 Å². The Labute approximate surface area is 130 Å². The van der Waals surface area contributed by atoms with Crippen molar-refractivity contribution in [3.8, 4) is 0 Å². The standard InChI is InChI=1S/C16H25N3OS/c1-16(17)9-5-4-6-11(16)15(20)18-10-14-19-12-7-2-3-8-13(12)21-14/h11H,2-10,17H2,1H3,(H,18,20). The van der Waals surface area contributed by atoms with Gasteiger partial charge in [-0.15, -0.1) is 11.3 Å². The molecule has 2 unspecified atom stereocenters. The van der Waals surface area contributed by atoms with E-state index in [1.165, 1.54) is 23.4 Å². The second-order valence-corrected chi connectivity index (χ2v) is 7.87. The molecule has 0 aliphatic heterocycles. The number of nitrogens with two attached hydrogens (primary N) is 1. The molecule has 0 aromatic carbocycles. The molecule has 4 nitrogen and oxygen atoms in total. The molecule has 21 heavy (non-hydrogen) atoms. The quantitative estimate of drug-likeness (QED) is 0.901. The summed E-state index contributed by atoms with van der Waals surface area (Å²) in [5, 5.41) is 4.11. The first kappa shape index (κ1) is 15.0. The van der Waals surface area contributed by atoms with Gasteiger partial charge in [0.25, 0.3) is 0 Å². The first-order valence-electron chi connectivity index (χ1n) is 8.10. The fourth-order valence-corrected chi connectivity index (χ4v) is 4.65. The molecule has 0 spiro atoms. The van der Waals surface area contributed by atoms with Crippen LogP contribution in [0.1, 0.15) is 61.0 Å². The average molecular weight is 307 g/mol. The minimum atomic E-state index is -0.357. The summed E-state index contributed by atoms with van der Waals surface area (Å²) < 4.78 is 0. The van der Waals surface area contributed by atoms with E-state index in [1.54, 1.807) is 11.3 Å². The largest absolute Gasteiger partial charge is 0.349 e. The van der Waals surface area contributed by atoms with Crippen molar-refractivity contribution in [1.82, 2.24) is 10.3 Å². The molecule has 2 atom stereocenters. The summed E-state index contributed by atoms with van der Waals surface area (Å²) in [5.74, 6) is 0.0497. The van der Waals surface area contributed by atoms with Gasteiger partial charge in [-0.05, 0) is 45.4 Å². The third-order valence-corrected chi connectivity index (χ3v) is 6.03. The van der Waals surface area contributed by atoms with Crippen LogP contribution in [0.2, 0.25) is 0 Å². The van der Waals surface area contributed by atoms with Gasteiger partial charge in [-0.3, -0.25) is 4.79 Å². The molecule has 0 radical (unpaired) electrons. The summed E-state index contributed by atoms with van der Waals surface area (Å²) in [6.45, 7) is 2.57. The Morgan fingerprint density at radius 1 is 1.38 bits per heavy atom. The first-order valence-corrected chi connectivity index (χ1v) is 8.92. The molecule has 116 valence electrons. The Morgan fingerprint density at radius 2 is 2.19 bits per heavy atom. The Morgan fingerprint density at radius 3 is 2.95 bits per heavy atom. The maximum Gasteiger partial charge on any atom is 0.225 e. The third kappa shape index (κ3) is 3.29. The molecule has 2 aliphatic carbocycles. The van der Waals surface area contributed by atoms with Crippen molar-refractivity contribution in [3.63, 3.8) is 0 Å². The van der Waals surface area contributed by atoms with Gasteiger partial charge in [0.2, 0.25) is 5.91 Å². The third-order valence-electron chi connectivity index (χ3n) is 4.87. The Balaban J connectivity index is 1.59. The number of aryl methyl sites for hydroxylation is 2. The van der Waals surface area contributed by atoms with Gasteiger partial charge in [-0.2, -0.15) is 0 Å². The lowest BCUT2D eigenvalue weighted by molar-refractivity contribution is -0.128. The number of nitrogens with zero attached hydrogens (tertiary/aromatic N) is 1. The van der Waals surface area contributed by atoms with Gasteiger partial charge in [0.15, 0.2) is 0 Å². The highest BCUT2D eigenvalue weighted by Gasteiger charge is 2.37. The lowest BCUT2D eigenvalue weighted by Crippen LogP contribution is -2.52. The highest BCUT2D eigenvalue weighted by molar-refractivity contribution is 7.11. The summed E-state index contributed by atoms with van der Waals surface area (Å²) in [5.41, 5.74) is 7.20. The SMILES string of the molecule is CC1(N)CCCCC1C(=O)NCc1nc2c(s1)CCCC2. The van der Waals surface area contributed by atoms with Crippen LogP contribution < -0.4 is 11.1 Å². The molecule has 1 heterocycles. The van der Waals surface area contributed by atoms with Crippen molar-refractivity contribution in [2.45, 2.75) is 70.4 Å². The Hall–Kier alpha value is -0.940. The van der Waals surface area contributed by atoms with Gasteiger partial charge in [-0.1, -0.05) is 12.8 Å². The fourth-order valence-electron chi connectivity index (χ4n) is 3.56. The number of carbonyl (C=O) groups is 1. The molecule has 0 saturated heterocycles. The number of fused-ring (bicyclic) bond motifs is 1. The predicted octanol–water partition coefficient (Wildman–Crippen LogP) is 2.55. The summed E-state index contributed by atoms with van der Waals surface area (Å²) in [6.07, 6.45) is 8.87. The molecule has 1 fully saturated rings. The molecule has 1 aromatic heterocycles. The molecule has 5 heteroatoms. The summed E-state index contributed by atoms with van der Waals surface area (Å²) in [6, 6.07) is 0. The van der Waals surface area contributed by atoms with Crippen LogP contribution in [0.4, 0.5) is 0 Å². The van der Waals surface area contributed by atoms with Crippen molar-refractivity contribution in [2.24, 2.45) is 11.7 Å². The number of carbonyl (C=O) groups excluding carboxylic acids is 1. The molecular formula is C16H25N3OS. The smallest absolute Gasteiger partial charge is 0.225 e. The van der Waals surface area contributed by atoms with Crippen molar-refractivity contribution in [3.05, 3.63) is 15.6 Å². The van der Waals surface area contributed by atoms with Crippen molar-refractivity contribution < 1.29 is 4.79 Å². The van der Waals surface area contributed by atoms with Crippen LogP contribution in [0.3, 0.4) is 0 Å². The lowest BCUT2D eigenvalue weighted by atomic mass is 9.74. The summed E-state index contributed by atoms with van der Waals surface area (Å²) >= 11 is 1.77.